The van der Waals surface area contributed by atoms with Crippen LogP contribution in [0.25, 0.3) is 0 Å². The van der Waals surface area contributed by atoms with Crippen molar-refractivity contribution >= 4 is 11.6 Å². The maximum atomic E-state index is 12.8. The average molecular weight is 363 g/mol. The van der Waals surface area contributed by atoms with Gasteiger partial charge in [0.25, 0.3) is 0 Å². The molecule has 2 aromatic carbocycles. The summed E-state index contributed by atoms with van der Waals surface area (Å²) in [4.78, 5) is 17.2. The zero-order valence-corrected chi connectivity index (χ0v) is 16.4. The Labute approximate surface area is 163 Å². The molecule has 0 aromatic heterocycles. The zero-order chi connectivity index (χ0) is 18.6. The summed E-state index contributed by atoms with van der Waals surface area (Å²) < 4.78 is 0. The van der Waals surface area contributed by atoms with E-state index in [1.54, 1.807) is 0 Å². The van der Waals surface area contributed by atoms with Gasteiger partial charge in [-0.25, -0.2) is 0 Å². The first-order valence-electron chi connectivity index (χ1n) is 10.4. The third-order valence-electron chi connectivity index (χ3n) is 6.04. The molecule has 1 saturated heterocycles. The summed E-state index contributed by atoms with van der Waals surface area (Å²) in [6, 6.07) is 15.2. The van der Waals surface area contributed by atoms with Crippen LogP contribution in [0.4, 0.5) is 5.69 Å². The van der Waals surface area contributed by atoms with Crippen LogP contribution in [-0.4, -0.2) is 30.9 Å². The number of fused-ring (bicyclic) bond motifs is 1. The number of hydrogen-bond donors (Lipinski definition) is 0. The van der Waals surface area contributed by atoms with Crippen LogP contribution in [-0.2, 0) is 30.6 Å². The van der Waals surface area contributed by atoms with Crippen molar-refractivity contribution in [3.8, 4) is 0 Å². The van der Waals surface area contributed by atoms with Crippen molar-refractivity contribution < 1.29 is 4.79 Å². The molecule has 2 aliphatic rings. The number of para-hydroxylation sites is 1. The lowest BCUT2D eigenvalue weighted by Crippen LogP contribution is -2.29. The van der Waals surface area contributed by atoms with Gasteiger partial charge in [0.2, 0.25) is 5.91 Å². The number of nitrogens with zero attached hydrogens (tertiary/aromatic N) is 2. The Morgan fingerprint density at radius 2 is 1.70 bits per heavy atom. The van der Waals surface area contributed by atoms with Gasteiger partial charge in [-0.05, 0) is 66.8 Å². The molecule has 0 saturated carbocycles. The van der Waals surface area contributed by atoms with Crippen LogP contribution in [0.5, 0.6) is 0 Å². The Morgan fingerprint density at radius 1 is 0.963 bits per heavy atom. The molecule has 4 rings (SSSR count). The molecule has 0 bridgehead atoms. The van der Waals surface area contributed by atoms with E-state index < -0.39 is 0 Å². The molecule has 0 spiro atoms. The van der Waals surface area contributed by atoms with Crippen LogP contribution < -0.4 is 4.90 Å². The summed E-state index contributed by atoms with van der Waals surface area (Å²) in [5, 5.41) is 0. The molecule has 2 aromatic rings. The van der Waals surface area contributed by atoms with E-state index in [0.29, 0.717) is 13.0 Å². The molecule has 1 heterocycles. The van der Waals surface area contributed by atoms with Crippen LogP contribution in [0.3, 0.4) is 0 Å². The zero-order valence-electron chi connectivity index (χ0n) is 16.4. The second-order valence-electron chi connectivity index (χ2n) is 8.06. The van der Waals surface area contributed by atoms with Gasteiger partial charge in [-0.1, -0.05) is 36.4 Å². The lowest BCUT2D eigenvalue weighted by Gasteiger charge is -2.25. The summed E-state index contributed by atoms with van der Waals surface area (Å²) in [6.45, 7) is 2.93. The summed E-state index contributed by atoms with van der Waals surface area (Å²) in [7, 11) is 1.93. The fourth-order valence-corrected chi connectivity index (χ4v) is 4.46. The molecule has 1 amide bonds. The molecule has 142 valence electrons. The van der Waals surface area contributed by atoms with Gasteiger partial charge in [-0.3, -0.25) is 4.79 Å². The molecule has 27 heavy (non-hydrogen) atoms. The van der Waals surface area contributed by atoms with Crippen LogP contribution in [0, 0.1) is 0 Å². The molecule has 3 heteroatoms. The minimum Gasteiger partial charge on any atom is -0.371 e. The molecule has 1 aliphatic heterocycles. The Hall–Kier alpha value is -2.29. The minimum absolute atomic E-state index is 0.196. The smallest absolute Gasteiger partial charge is 0.227 e. The van der Waals surface area contributed by atoms with Gasteiger partial charge in [0.05, 0.1) is 6.42 Å². The van der Waals surface area contributed by atoms with Crippen LogP contribution in [0.15, 0.2) is 42.5 Å². The standard InChI is InChI=1S/C24H30N2O/c1-25(18-22-10-4-5-11-23(22)26-14-6-7-15-26)24(27)17-19-12-13-20-8-2-3-9-21(20)16-19/h4-5,10-13,16H,2-3,6-9,14-15,17-18H2,1H3. The molecular weight excluding hydrogens is 332 g/mol. The predicted molar refractivity (Wildman–Crippen MR) is 111 cm³/mol. The van der Waals surface area contributed by atoms with Crippen molar-refractivity contribution in [3.63, 3.8) is 0 Å². The van der Waals surface area contributed by atoms with Gasteiger partial charge in [0.1, 0.15) is 0 Å². The van der Waals surface area contributed by atoms with Gasteiger partial charge < -0.3 is 9.80 Å². The summed E-state index contributed by atoms with van der Waals surface area (Å²) in [6.07, 6.45) is 7.95. The first kappa shape index (κ1) is 18.1. The number of amides is 1. The van der Waals surface area contributed by atoms with Crippen molar-refractivity contribution in [2.75, 3.05) is 25.0 Å². The van der Waals surface area contributed by atoms with Crippen LogP contribution >= 0.6 is 0 Å². The monoisotopic (exact) mass is 362 g/mol. The largest absolute Gasteiger partial charge is 0.371 e. The molecular formula is C24H30N2O. The van der Waals surface area contributed by atoms with E-state index in [-0.39, 0.29) is 5.91 Å². The van der Waals surface area contributed by atoms with Gasteiger partial charge in [-0.15, -0.1) is 0 Å². The van der Waals surface area contributed by atoms with Crippen molar-refractivity contribution in [1.82, 2.24) is 4.90 Å². The molecule has 0 unspecified atom stereocenters. The summed E-state index contributed by atoms with van der Waals surface area (Å²) in [5.41, 5.74) is 6.63. The van der Waals surface area contributed by atoms with E-state index in [1.165, 1.54) is 54.5 Å². The van der Waals surface area contributed by atoms with Crippen LogP contribution in [0.2, 0.25) is 0 Å². The molecule has 1 fully saturated rings. The first-order chi connectivity index (χ1) is 13.2. The summed E-state index contributed by atoms with van der Waals surface area (Å²) in [5.74, 6) is 0.196. The average Bonchev–Trinajstić information content (AvgIpc) is 3.23. The Balaban J connectivity index is 1.43. The van der Waals surface area contributed by atoms with Crippen molar-refractivity contribution in [3.05, 3.63) is 64.7 Å². The van der Waals surface area contributed by atoms with Crippen molar-refractivity contribution in [2.24, 2.45) is 0 Å². The molecule has 1 aliphatic carbocycles. The maximum absolute atomic E-state index is 12.8. The first-order valence-corrected chi connectivity index (χ1v) is 10.4. The number of carbonyl (C=O) groups excluding carboxylic acids is 1. The van der Waals surface area contributed by atoms with E-state index in [1.807, 2.05) is 11.9 Å². The summed E-state index contributed by atoms with van der Waals surface area (Å²) >= 11 is 0. The normalized spacial score (nSPS) is 16.3. The maximum Gasteiger partial charge on any atom is 0.227 e. The highest BCUT2D eigenvalue weighted by Crippen LogP contribution is 2.26. The molecule has 0 atom stereocenters. The minimum atomic E-state index is 0.196. The molecule has 3 nitrogen and oxygen atoms in total. The second kappa shape index (κ2) is 8.16. The van der Waals surface area contributed by atoms with E-state index in [9.17, 15) is 4.79 Å². The highest BCUT2D eigenvalue weighted by Gasteiger charge is 2.18. The number of likely N-dealkylation sites (N-methyl/N-ethyl adjacent to an activating group) is 1. The Bertz CT molecular complexity index is 808. The number of anilines is 1. The van der Waals surface area contributed by atoms with Crippen LogP contribution in [0.1, 0.15) is 47.9 Å². The number of benzene rings is 2. The fraction of sp³-hybridized carbons (Fsp3) is 0.458. The number of aryl methyl sites for hydroxylation is 2. The lowest BCUT2D eigenvalue weighted by molar-refractivity contribution is -0.129. The van der Waals surface area contributed by atoms with Crippen molar-refractivity contribution in [2.45, 2.75) is 51.5 Å². The van der Waals surface area contributed by atoms with Gasteiger partial charge in [-0.2, -0.15) is 0 Å². The van der Waals surface area contributed by atoms with E-state index in [4.69, 9.17) is 0 Å². The third-order valence-corrected chi connectivity index (χ3v) is 6.04. The third kappa shape index (κ3) is 4.18. The van der Waals surface area contributed by atoms with Gasteiger partial charge in [0, 0.05) is 32.4 Å². The van der Waals surface area contributed by atoms with E-state index in [0.717, 1.165) is 25.1 Å². The van der Waals surface area contributed by atoms with E-state index >= 15 is 0 Å². The number of hydrogen-bond acceptors (Lipinski definition) is 2. The van der Waals surface area contributed by atoms with Crippen molar-refractivity contribution in [1.29, 1.82) is 0 Å². The quantitative estimate of drug-likeness (QED) is 0.789. The highest BCUT2D eigenvalue weighted by atomic mass is 16.2. The number of carbonyl (C=O) groups is 1. The molecule has 0 N–H and O–H groups in total. The fourth-order valence-electron chi connectivity index (χ4n) is 4.46. The highest BCUT2D eigenvalue weighted by molar-refractivity contribution is 5.79. The lowest BCUT2D eigenvalue weighted by atomic mass is 9.90. The Kier molecular flexibility index (Phi) is 5.47. The van der Waals surface area contributed by atoms with Gasteiger partial charge >= 0.3 is 0 Å². The van der Waals surface area contributed by atoms with Gasteiger partial charge in [0.15, 0.2) is 0 Å². The molecule has 0 radical (unpaired) electrons. The predicted octanol–water partition coefficient (Wildman–Crippen LogP) is 4.37. The number of rotatable bonds is 5. The Morgan fingerprint density at radius 3 is 2.52 bits per heavy atom. The van der Waals surface area contributed by atoms with E-state index in [2.05, 4.69) is 47.4 Å². The topological polar surface area (TPSA) is 23.6 Å². The SMILES string of the molecule is CN(Cc1ccccc1N1CCCC1)C(=O)Cc1ccc2c(c1)CCCC2. The second-order valence-corrected chi connectivity index (χ2v) is 8.06.